The van der Waals surface area contributed by atoms with Gasteiger partial charge in [0.25, 0.3) is 6.71 Å². The van der Waals surface area contributed by atoms with Crippen molar-refractivity contribution in [2.45, 2.75) is 78.6 Å². The minimum atomic E-state index is -0.167. The zero-order valence-electron chi connectivity index (χ0n) is 42.5. The third-order valence-corrected chi connectivity index (χ3v) is 15.0. The molecule has 3 heterocycles. The Morgan fingerprint density at radius 3 is 1.42 bits per heavy atom. The molecular formula is C66H61BN4. The number of para-hydroxylation sites is 4. The molecule has 9 aromatic carbocycles. The summed E-state index contributed by atoms with van der Waals surface area (Å²) in [6.07, 6.45) is 0. The number of aromatic nitrogens is 1. The highest BCUT2D eigenvalue weighted by Gasteiger charge is 2.45. The Bertz CT molecular complexity index is 3590. The summed E-state index contributed by atoms with van der Waals surface area (Å²) in [6, 6.07) is 77.4. The zero-order valence-corrected chi connectivity index (χ0v) is 42.5. The van der Waals surface area contributed by atoms with Crippen molar-refractivity contribution in [2.75, 3.05) is 14.7 Å². The van der Waals surface area contributed by atoms with Gasteiger partial charge in [0, 0.05) is 62.0 Å². The Labute approximate surface area is 420 Å². The summed E-state index contributed by atoms with van der Waals surface area (Å²) in [5.74, 6) is 0. The summed E-state index contributed by atoms with van der Waals surface area (Å²) in [7, 11) is 0. The topological polar surface area (TPSA) is 14.7 Å². The van der Waals surface area contributed by atoms with Crippen LogP contribution in [-0.2, 0) is 16.2 Å². The van der Waals surface area contributed by atoms with E-state index in [4.69, 9.17) is 0 Å². The quantitative estimate of drug-likeness (QED) is 0.154. The predicted octanol–water partition coefficient (Wildman–Crippen LogP) is 16.2. The van der Waals surface area contributed by atoms with Crippen LogP contribution in [0, 0.1) is 0 Å². The van der Waals surface area contributed by atoms with Crippen LogP contribution in [0.3, 0.4) is 0 Å². The van der Waals surface area contributed by atoms with Crippen LogP contribution in [0.4, 0.5) is 51.2 Å². The molecule has 0 saturated heterocycles. The van der Waals surface area contributed by atoms with Gasteiger partial charge in [0.05, 0.1) is 16.7 Å². The molecule has 0 bridgehead atoms. The highest BCUT2D eigenvalue weighted by atomic mass is 15.2. The van der Waals surface area contributed by atoms with Crippen molar-refractivity contribution < 1.29 is 0 Å². The van der Waals surface area contributed by atoms with Gasteiger partial charge in [-0.3, -0.25) is 0 Å². The largest absolute Gasteiger partial charge is 0.311 e. The van der Waals surface area contributed by atoms with E-state index in [1.165, 1.54) is 77.6 Å². The molecule has 2 aliphatic heterocycles. The van der Waals surface area contributed by atoms with Crippen molar-refractivity contribution in [3.63, 3.8) is 0 Å². The SMILES string of the molecule is CC(C)(C)c1ccc(N2c3cc(N(c4ccccc4)c4ccccc4)ccc3B3c4ccc5c(c4N(c4ccc(C(C)(C)C)cc4)c4cc(C(C)(C)C)cc2c43)c2ccccc2n5-c2ccccc2)cc1. The summed E-state index contributed by atoms with van der Waals surface area (Å²) >= 11 is 0. The molecule has 0 radical (unpaired) electrons. The van der Waals surface area contributed by atoms with E-state index in [1.54, 1.807) is 0 Å². The zero-order chi connectivity index (χ0) is 49.0. The lowest BCUT2D eigenvalue weighted by Crippen LogP contribution is -2.61. The van der Waals surface area contributed by atoms with E-state index in [1.807, 2.05) is 0 Å². The Hall–Kier alpha value is -7.76. The van der Waals surface area contributed by atoms with E-state index in [9.17, 15) is 0 Å². The van der Waals surface area contributed by atoms with Crippen LogP contribution in [-0.4, -0.2) is 11.3 Å². The third-order valence-electron chi connectivity index (χ3n) is 15.0. The number of anilines is 9. The van der Waals surface area contributed by atoms with E-state index in [2.05, 4.69) is 288 Å². The van der Waals surface area contributed by atoms with Crippen LogP contribution < -0.4 is 31.1 Å². The standard InChI is InChI=1S/C66H61BN4/c1-64(2,3)44-29-33-50(34-30-44)70-58-43-52(68(47-21-13-10-14-22-47)48-23-15-11-16-24-48)37-38-54(58)67-55-39-40-57-61(53-27-19-20-28-56(53)69(57)49-25-17-12-18-26-49)63(55)71(51-35-31-45(32-36-51)65(4,5)6)60-42-46(66(7,8)9)41-59(70)62(60)67/h10-43H,1-9H3. The maximum absolute atomic E-state index is 2.63. The van der Waals surface area contributed by atoms with Gasteiger partial charge in [-0.05, 0) is 146 Å². The van der Waals surface area contributed by atoms with Gasteiger partial charge in [-0.15, -0.1) is 0 Å². The third kappa shape index (κ3) is 7.36. The van der Waals surface area contributed by atoms with Gasteiger partial charge in [-0.2, -0.15) is 0 Å². The number of hydrogen-bond donors (Lipinski definition) is 0. The maximum Gasteiger partial charge on any atom is 0.252 e. The molecule has 0 saturated carbocycles. The molecule has 5 heteroatoms. The molecule has 0 spiro atoms. The molecular weight excluding hydrogens is 860 g/mol. The number of fused-ring (bicyclic) bond motifs is 8. The second kappa shape index (κ2) is 16.4. The molecule has 348 valence electrons. The van der Waals surface area contributed by atoms with Gasteiger partial charge in [0.15, 0.2) is 0 Å². The number of rotatable bonds is 6. The van der Waals surface area contributed by atoms with Gasteiger partial charge in [0.2, 0.25) is 0 Å². The lowest BCUT2D eigenvalue weighted by molar-refractivity contribution is 0.590. The molecule has 0 fully saturated rings. The highest BCUT2D eigenvalue weighted by Crippen LogP contribution is 2.51. The smallest absolute Gasteiger partial charge is 0.252 e. The number of benzene rings is 9. The van der Waals surface area contributed by atoms with Crippen molar-refractivity contribution >= 4 is 96.1 Å². The molecule has 0 aliphatic carbocycles. The van der Waals surface area contributed by atoms with E-state index in [-0.39, 0.29) is 23.0 Å². The number of nitrogens with zero attached hydrogens (tertiary/aromatic N) is 4. The molecule has 12 rings (SSSR count). The fraction of sp³-hybridized carbons (Fsp3) is 0.182. The fourth-order valence-electron chi connectivity index (χ4n) is 11.3. The van der Waals surface area contributed by atoms with Crippen molar-refractivity contribution in [2.24, 2.45) is 0 Å². The fourth-order valence-corrected chi connectivity index (χ4v) is 11.3. The molecule has 1 aromatic heterocycles. The molecule has 10 aromatic rings. The van der Waals surface area contributed by atoms with Crippen molar-refractivity contribution in [3.05, 3.63) is 223 Å². The molecule has 0 atom stereocenters. The summed E-state index contributed by atoms with van der Waals surface area (Å²) in [5, 5.41) is 2.50. The molecule has 0 amide bonds. The first-order valence-electron chi connectivity index (χ1n) is 25.3. The Morgan fingerprint density at radius 2 is 0.859 bits per heavy atom. The predicted molar refractivity (Wildman–Crippen MR) is 306 cm³/mol. The van der Waals surface area contributed by atoms with Crippen molar-refractivity contribution in [1.29, 1.82) is 0 Å². The van der Waals surface area contributed by atoms with Crippen LogP contribution in [0.1, 0.15) is 79.0 Å². The Balaban J connectivity index is 1.22. The highest BCUT2D eigenvalue weighted by molar-refractivity contribution is 7.00. The second-order valence-electron chi connectivity index (χ2n) is 22.7. The lowest BCUT2D eigenvalue weighted by Gasteiger charge is -2.45. The average Bonchev–Trinajstić information content (AvgIpc) is 3.71. The Morgan fingerprint density at radius 1 is 0.366 bits per heavy atom. The first-order valence-corrected chi connectivity index (χ1v) is 25.3. The minimum Gasteiger partial charge on any atom is -0.311 e. The van der Waals surface area contributed by atoms with E-state index < -0.39 is 0 Å². The molecule has 4 nitrogen and oxygen atoms in total. The van der Waals surface area contributed by atoms with Gasteiger partial charge in [-0.25, -0.2) is 0 Å². The van der Waals surface area contributed by atoms with Crippen LogP contribution in [0.5, 0.6) is 0 Å². The van der Waals surface area contributed by atoms with E-state index >= 15 is 0 Å². The van der Waals surface area contributed by atoms with E-state index in [0.29, 0.717) is 0 Å². The van der Waals surface area contributed by atoms with Gasteiger partial charge >= 0.3 is 0 Å². The van der Waals surface area contributed by atoms with Crippen LogP contribution >= 0.6 is 0 Å². The summed E-state index contributed by atoms with van der Waals surface area (Å²) in [5.41, 5.74) is 21.7. The first kappa shape index (κ1) is 44.5. The van der Waals surface area contributed by atoms with Crippen LogP contribution in [0.2, 0.25) is 0 Å². The molecule has 0 unspecified atom stereocenters. The molecule has 0 N–H and O–H groups in total. The average molecular weight is 921 g/mol. The van der Waals surface area contributed by atoms with Crippen molar-refractivity contribution in [1.82, 2.24) is 4.57 Å². The normalized spacial score (nSPS) is 13.3. The molecule has 71 heavy (non-hydrogen) atoms. The van der Waals surface area contributed by atoms with Crippen molar-refractivity contribution in [3.8, 4) is 5.69 Å². The van der Waals surface area contributed by atoms with E-state index in [0.717, 1.165) is 34.1 Å². The summed E-state index contributed by atoms with van der Waals surface area (Å²) < 4.78 is 2.46. The van der Waals surface area contributed by atoms with Crippen LogP contribution in [0.25, 0.3) is 27.5 Å². The summed E-state index contributed by atoms with van der Waals surface area (Å²) in [4.78, 5) is 7.60. The molecule has 2 aliphatic rings. The van der Waals surface area contributed by atoms with Gasteiger partial charge in [0.1, 0.15) is 0 Å². The van der Waals surface area contributed by atoms with Gasteiger partial charge in [-0.1, -0.05) is 172 Å². The van der Waals surface area contributed by atoms with Crippen LogP contribution in [0.15, 0.2) is 206 Å². The maximum atomic E-state index is 2.63. The first-order chi connectivity index (χ1) is 34.1. The second-order valence-corrected chi connectivity index (χ2v) is 22.7. The Kier molecular flexibility index (Phi) is 10.3. The van der Waals surface area contributed by atoms with Gasteiger partial charge < -0.3 is 19.3 Å². The minimum absolute atomic E-state index is 0.00727. The summed E-state index contributed by atoms with van der Waals surface area (Å²) in [6.45, 7) is 20.8. The number of hydrogen-bond acceptors (Lipinski definition) is 3. The lowest BCUT2D eigenvalue weighted by atomic mass is 9.33. The monoisotopic (exact) mass is 920 g/mol.